The minimum absolute atomic E-state index is 0.390. The van der Waals surface area contributed by atoms with Crippen LogP contribution in [0.1, 0.15) is 10.4 Å². The monoisotopic (exact) mass is 258 g/mol. The zero-order chi connectivity index (χ0) is 12.5. The molecule has 0 aliphatic heterocycles. The van der Waals surface area contributed by atoms with Crippen LogP contribution in [0.25, 0.3) is 0 Å². The summed E-state index contributed by atoms with van der Waals surface area (Å²) in [7, 11) is 0. The Balaban J connectivity index is 3.19. The first-order valence-corrected chi connectivity index (χ1v) is 4.30. The second-order valence-electron chi connectivity index (χ2n) is 2.88. The molecule has 0 spiro atoms. The second-order valence-corrected chi connectivity index (χ2v) is 3.28. The molecule has 0 radical (unpaired) electrons. The van der Waals surface area contributed by atoms with Gasteiger partial charge in [-0.25, -0.2) is 13.2 Å². The number of Topliss-reactive ketones (excluding diaryl/α,β-unsaturated/α-hetero) is 1. The third-order valence-corrected chi connectivity index (χ3v) is 2.08. The molecule has 0 unspecified atom stereocenters. The van der Waals surface area contributed by atoms with Crippen molar-refractivity contribution in [3.8, 4) is 0 Å². The van der Waals surface area contributed by atoms with Crippen LogP contribution in [0.5, 0.6) is 0 Å². The van der Waals surface area contributed by atoms with Gasteiger partial charge in [-0.05, 0) is 18.2 Å². The van der Waals surface area contributed by atoms with Crippen molar-refractivity contribution >= 4 is 17.4 Å². The molecule has 1 nitrogen and oxygen atoms in total. The van der Waals surface area contributed by atoms with Gasteiger partial charge in [-0.1, -0.05) is 11.6 Å². The summed E-state index contributed by atoms with van der Waals surface area (Å²) in [4.78, 5) is 11.0. The van der Waals surface area contributed by atoms with E-state index in [-0.39, 0.29) is 0 Å². The fourth-order valence-corrected chi connectivity index (χ4v) is 1.15. The lowest BCUT2D eigenvalue weighted by atomic mass is 10.1. The molecule has 0 saturated heterocycles. The van der Waals surface area contributed by atoms with Crippen molar-refractivity contribution in [2.45, 2.75) is 12.3 Å². The van der Waals surface area contributed by atoms with Crippen molar-refractivity contribution in [1.82, 2.24) is 0 Å². The SMILES string of the molecule is O=C(c1cc(F)ccc1Cl)C(F)(F)C(F)F. The van der Waals surface area contributed by atoms with E-state index < -0.39 is 34.5 Å². The normalized spacial score (nSPS) is 11.9. The number of rotatable bonds is 3. The van der Waals surface area contributed by atoms with Gasteiger partial charge in [0.2, 0.25) is 5.78 Å². The van der Waals surface area contributed by atoms with Crippen molar-refractivity contribution in [3.05, 3.63) is 34.6 Å². The molecule has 7 heteroatoms. The van der Waals surface area contributed by atoms with Crippen LogP contribution in [-0.2, 0) is 0 Å². The van der Waals surface area contributed by atoms with Crippen molar-refractivity contribution in [2.24, 2.45) is 0 Å². The van der Waals surface area contributed by atoms with Gasteiger partial charge in [-0.2, -0.15) is 8.78 Å². The van der Waals surface area contributed by atoms with Gasteiger partial charge in [0.15, 0.2) is 0 Å². The smallest absolute Gasteiger partial charge is 0.287 e. The molecule has 0 heterocycles. The molecule has 0 amide bonds. The Labute approximate surface area is 91.8 Å². The maximum absolute atomic E-state index is 12.7. The topological polar surface area (TPSA) is 17.1 Å². The first-order valence-electron chi connectivity index (χ1n) is 3.92. The molecule has 1 aromatic rings. The highest BCUT2D eigenvalue weighted by Crippen LogP contribution is 2.30. The highest BCUT2D eigenvalue weighted by atomic mass is 35.5. The number of benzene rings is 1. The maximum atomic E-state index is 12.7. The summed E-state index contributed by atoms with van der Waals surface area (Å²) in [6, 6.07) is 2.05. The molecule has 0 bridgehead atoms. The number of halogens is 6. The second kappa shape index (κ2) is 4.37. The van der Waals surface area contributed by atoms with Gasteiger partial charge in [-0.15, -0.1) is 0 Å². The van der Waals surface area contributed by atoms with E-state index in [0.717, 1.165) is 12.1 Å². The van der Waals surface area contributed by atoms with E-state index in [4.69, 9.17) is 11.6 Å². The Morgan fingerprint density at radius 2 is 1.88 bits per heavy atom. The van der Waals surface area contributed by atoms with Crippen molar-refractivity contribution in [3.63, 3.8) is 0 Å². The van der Waals surface area contributed by atoms with Crippen LogP contribution in [0.4, 0.5) is 22.0 Å². The molecule has 0 saturated carbocycles. The summed E-state index contributed by atoms with van der Waals surface area (Å²) in [5.41, 5.74) is -0.966. The van der Waals surface area contributed by atoms with Crippen LogP contribution in [-0.4, -0.2) is 18.1 Å². The highest BCUT2D eigenvalue weighted by Gasteiger charge is 2.49. The molecule has 0 aromatic heterocycles. The lowest BCUT2D eigenvalue weighted by molar-refractivity contribution is -0.0958. The zero-order valence-corrected chi connectivity index (χ0v) is 8.24. The summed E-state index contributed by atoms with van der Waals surface area (Å²) < 4.78 is 61.7. The highest BCUT2D eigenvalue weighted by molar-refractivity contribution is 6.34. The van der Waals surface area contributed by atoms with Crippen LogP contribution in [0.3, 0.4) is 0 Å². The Morgan fingerprint density at radius 1 is 1.31 bits per heavy atom. The molecule has 0 aliphatic rings. The van der Waals surface area contributed by atoms with Crippen LogP contribution in [0.2, 0.25) is 5.02 Å². The van der Waals surface area contributed by atoms with Gasteiger partial charge in [0.1, 0.15) is 5.82 Å². The summed E-state index contributed by atoms with van der Waals surface area (Å²) in [5, 5.41) is -0.508. The number of ketones is 1. The van der Waals surface area contributed by atoms with Crippen LogP contribution in [0, 0.1) is 5.82 Å². The minimum atomic E-state index is -4.88. The lowest BCUT2D eigenvalue weighted by Crippen LogP contribution is -2.36. The Bertz CT molecular complexity index is 418. The predicted molar refractivity (Wildman–Crippen MR) is 46.7 cm³/mol. The standard InChI is InChI=1S/C9H4ClF5O/c10-6-2-1-4(11)3-5(6)7(16)9(14,15)8(12)13/h1-3,8H. The van der Waals surface area contributed by atoms with Gasteiger partial charge < -0.3 is 0 Å². The average molecular weight is 259 g/mol. The molecule has 16 heavy (non-hydrogen) atoms. The van der Waals surface area contributed by atoms with Crippen LogP contribution in [0.15, 0.2) is 18.2 Å². The predicted octanol–water partition coefficient (Wildman–Crippen LogP) is 3.56. The van der Waals surface area contributed by atoms with Gasteiger partial charge in [-0.3, -0.25) is 4.79 Å². The molecule has 1 aromatic carbocycles. The van der Waals surface area contributed by atoms with E-state index in [1.807, 2.05) is 0 Å². The lowest BCUT2D eigenvalue weighted by Gasteiger charge is -2.14. The van der Waals surface area contributed by atoms with Crippen molar-refractivity contribution in [1.29, 1.82) is 0 Å². The number of alkyl halides is 4. The van der Waals surface area contributed by atoms with Crippen LogP contribution < -0.4 is 0 Å². The van der Waals surface area contributed by atoms with Crippen molar-refractivity contribution in [2.75, 3.05) is 0 Å². The molecule has 88 valence electrons. The maximum Gasteiger partial charge on any atom is 0.368 e. The summed E-state index contributed by atoms with van der Waals surface area (Å²) in [6.07, 6.45) is -4.17. The van der Waals surface area contributed by atoms with Crippen LogP contribution >= 0.6 is 11.6 Å². The molecule has 0 fully saturated rings. The fourth-order valence-electron chi connectivity index (χ4n) is 0.950. The van der Waals surface area contributed by atoms with E-state index in [2.05, 4.69) is 0 Å². The number of hydrogen-bond acceptors (Lipinski definition) is 1. The van der Waals surface area contributed by atoms with E-state index in [1.54, 1.807) is 0 Å². The average Bonchev–Trinajstić information content (AvgIpc) is 2.20. The van der Waals surface area contributed by atoms with Crippen molar-refractivity contribution < 1.29 is 26.7 Å². The minimum Gasteiger partial charge on any atom is -0.287 e. The summed E-state index contributed by atoms with van der Waals surface area (Å²) in [5.74, 6) is -8.10. The van der Waals surface area contributed by atoms with E-state index in [0.29, 0.717) is 6.07 Å². The molecular formula is C9H4ClF5O. The number of hydrogen-bond donors (Lipinski definition) is 0. The third kappa shape index (κ3) is 2.32. The number of carbonyl (C=O) groups is 1. The fraction of sp³-hybridized carbons (Fsp3) is 0.222. The Morgan fingerprint density at radius 3 is 2.38 bits per heavy atom. The van der Waals surface area contributed by atoms with Gasteiger partial charge in [0.05, 0.1) is 5.02 Å². The van der Waals surface area contributed by atoms with E-state index in [9.17, 15) is 26.7 Å². The van der Waals surface area contributed by atoms with Gasteiger partial charge in [0, 0.05) is 5.56 Å². The molecule has 0 N–H and O–H groups in total. The van der Waals surface area contributed by atoms with Gasteiger partial charge in [0.25, 0.3) is 0 Å². The van der Waals surface area contributed by atoms with E-state index >= 15 is 0 Å². The third-order valence-electron chi connectivity index (χ3n) is 1.75. The molecule has 0 atom stereocenters. The summed E-state index contributed by atoms with van der Waals surface area (Å²) in [6.45, 7) is 0. The molecule has 0 aliphatic carbocycles. The summed E-state index contributed by atoms with van der Waals surface area (Å²) >= 11 is 5.34. The Hall–Kier alpha value is -1.17. The largest absolute Gasteiger partial charge is 0.368 e. The first kappa shape index (κ1) is 12.9. The molecular weight excluding hydrogens is 255 g/mol. The van der Waals surface area contributed by atoms with Gasteiger partial charge >= 0.3 is 12.3 Å². The Kier molecular flexibility index (Phi) is 3.52. The number of carbonyl (C=O) groups excluding carboxylic acids is 1. The first-order chi connectivity index (χ1) is 7.26. The molecule has 1 rings (SSSR count). The quantitative estimate of drug-likeness (QED) is 0.598. The van der Waals surface area contributed by atoms with E-state index in [1.165, 1.54) is 0 Å². The zero-order valence-electron chi connectivity index (χ0n) is 7.49.